The number of nitrogens with two attached hydrogens (primary N) is 1. The van der Waals surface area contributed by atoms with Gasteiger partial charge in [-0.25, -0.2) is 14.8 Å². The van der Waals surface area contributed by atoms with E-state index in [0.717, 1.165) is 0 Å². The molecule has 0 aliphatic rings. The molecule has 0 radical (unpaired) electrons. The molecule has 1 aromatic heterocycles. The fourth-order valence-corrected chi connectivity index (χ4v) is 2.60. The molecule has 9 heteroatoms. The maximum Gasteiger partial charge on any atom is 0.335 e. The molecule has 5 N–H and O–H groups in total. The highest BCUT2D eigenvalue weighted by molar-refractivity contribution is 6.36. The SMILES string of the molecule is Nc1c(Nc2ccc(C(=O)O)cc2)ncnc1Nc1ccc(Cl)cc1Cl. The molecule has 26 heavy (non-hydrogen) atoms. The number of rotatable bonds is 5. The van der Waals surface area contributed by atoms with E-state index in [4.69, 9.17) is 34.0 Å². The van der Waals surface area contributed by atoms with Gasteiger partial charge in [0.25, 0.3) is 0 Å². The zero-order chi connectivity index (χ0) is 18.7. The Hall–Kier alpha value is -3.03. The standard InChI is InChI=1S/C17H13Cl2N5O2/c18-10-3-6-13(12(19)7-10)24-16-14(20)15(21-8-22-16)23-11-4-1-9(2-5-11)17(25)26/h1-8H,20H2,(H,25,26)(H2,21,22,23,24). The first-order chi connectivity index (χ1) is 12.4. The first-order valence-corrected chi connectivity index (χ1v) is 8.12. The minimum atomic E-state index is -0.996. The maximum atomic E-state index is 10.9. The Morgan fingerprint density at radius 3 is 2.27 bits per heavy atom. The van der Waals surface area contributed by atoms with Crippen LogP contribution in [-0.2, 0) is 0 Å². The molecule has 0 atom stereocenters. The molecule has 132 valence electrons. The molecular weight excluding hydrogens is 377 g/mol. The number of aromatic carboxylic acids is 1. The first kappa shape index (κ1) is 17.8. The Bertz CT molecular complexity index is 964. The Labute approximate surface area is 158 Å². The smallest absolute Gasteiger partial charge is 0.335 e. The number of hydrogen-bond donors (Lipinski definition) is 4. The normalized spacial score (nSPS) is 10.4. The second-order valence-corrected chi connectivity index (χ2v) is 6.08. The Morgan fingerprint density at radius 2 is 1.65 bits per heavy atom. The first-order valence-electron chi connectivity index (χ1n) is 7.37. The summed E-state index contributed by atoms with van der Waals surface area (Å²) >= 11 is 12.0. The van der Waals surface area contributed by atoms with E-state index in [0.29, 0.717) is 33.1 Å². The maximum absolute atomic E-state index is 10.9. The molecule has 7 nitrogen and oxygen atoms in total. The largest absolute Gasteiger partial charge is 0.478 e. The molecule has 2 aromatic carbocycles. The third kappa shape index (κ3) is 3.96. The van der Waals surface area contributed by atoms with Crippen LogP contribution in [0.25, 0.3) is 0 Å². The molecule has 0 spiro atoms. The highest BCUT2D eigenvalue weighted by Gasteiger charge is 2.11. The van der Waals surface area contributed by atoms with Crippen molar-refractivity contribution in [3.8, 4) is 0 Å². The van der Waals surface area contributed by atoms with Gasteiger partial charge in [0.15, 0.2) is 11.6 Å². The quantitative estimate of drug-likeness (QED) is 0.505. The Balaban J connectivity index is 1.83. The van der Waals surface area contributed by atoms with Gasteiger partial charge >= 0.3 is 5.97 Å². The van der Waals surface area contributed by atoms with Crippen molar-refractivity contribution in [1.82, 2.24) is 9.97 Å². The monoisotopic (exact) mass is 389 g/mol. The molecule has 0 saturated carbocycles. The average Bonchev–Trinajstić information content (AvgIpc) is 2.61. The van der Waals surface area contributed by atoms with Crippen molar-refractivity contribution in [3.63, 3.8) is 0 Å². The summed E-state index contributed by atoms with van der Waals surface area (Å²) in [5, 5.41) is 15.9. The Morgan fingerprint density at radius 1 is 1.00 bits per heavy atom. The summed E-state index contributed by atoms with van der Waals surface area (Å²) in [6, 6.07) is 11.2. The van der Waals surface area contributed by atoms with Crippen molar-refractivity contribution >= 4 is 57.9 Å². The van der Waals surface area contributed by atoms with Crippen LogP contribution in [0.3, 0.4) is 0 Å². The number of nitrogens with one attached hydrogen (secondary N) is 2. The van der Waals surface area contributed by atoms with Crippen LogP contribution in [0.5, 0.6) is 0 Å². The van der Waals surface area contributed by atoms with E-state index in [9.17, 15) is 4.79 Å². The van der Waals surface area contributed by atoms with Gasteiger partial charge in [-0.3, -0.25) is 0 Å². The van der Waals surface area contributed by atoms with Gasteiger partial charge in [-0.05, 0) is 42.5 Å². The van der Waals surface area contributed by atoms with Gasteiger partial charge < -0.3 is 21.5 Å². The highest BCUT2D eigenvalue weighted by Crippen LogP contribution is 2.32. The zero-order valence-corrected chi connectivity index (χ0v) is 14.7. The summed E-state index contributed by atoms with van der Waals surface area (Å²) in [6.07, 6.45) is 1.34. The van der Waals surface area contributed by atoms with Crippen LogP contribution in [0, 0.1) is 0 Å². The van der Waals surface area contributed by atoms with E-state index < -0.39 is 5.97 Å². The van der Waals surface area contributed by atoms with Crippen molar-refractivity contribution < 1.29 is 9.90 Å². The molecule has 3 aromatic rings. The minimum Gasteiger partial charge on any atom is -0.478 e. The molecule has 0 aliphatic carbocycles. The number of carboxylic acids is 1. The third-order valence-electron chi connectivity index (χ3n) is 3.46. The molecule has 1 heterocycles. The van der Waals surface area contributed by atoms with Crippen molar-refractivity contribution in [3.05, 3.63) is 64.4 Å². The molecule has 3 rings (SSSR count). The van der Waals surface area contributed by atoms with Gasteiger partial charge in [-0.1, -0.05) is 23.2 Å². The van der Waals surface area contributed by atoms with Crippen LogP contribution in [-0.4, -0.2) is 21.0 Å². The fourth-order valence-electron chi connectivity index (χ4n) is 2.15. The van der Waals surface area contributed by atoms with E-state index in [1.54, 1.807) is 30.3 Å². The molecule has 0 fully saturated rings. The van der Waals surface area contributed by atoms with Crippen LogP contribution in [0.15, 0.2) is 48.8 Å². The summed E-state index contributed by atoms with van der Waals surface area (Å²) in [5.74, 6) is -0.256. The minimum absolute atomic E-state index is 0.186. The summed E-state index contributed by atoms with van der Waals surface area (Å²) in [7, 11) is 0. The number of anilines is 5. The lowest BCUT2D eigenvalue weighted by Crippen LogP contribution is -2.05. The molecule has 0 aliphatic heterocycles. The number of benzene rings is 2. The summed E-state index contributed by atoms with van der Waals surface area (Å²) in [4.78, 5) is 19.1. The van der Waals surface area contributed by atoms with Crippen LogP contribution >= 0.6 is 23.2 Å². The van der Waals surface area contributed by atoms with E-state index in [1.807, 2.05) is 0 Å². The van der Waals surface area contributed by atoms with Crippen molar-refractivity contribution in [2.24, 2.45) is 0 Å². The van der Waals surface area contributed by atoms with Gasteiger partial charge in [-0.2, -0.15) is 0 Å². The van der Waals surface area contributed by atoms with Crippen molar-refractivity contribution in [2.75, 3.05) is 16.4 Å². The van der Waals surface area contributed by atoms with Crippen molar-refractivity contribution in [1.29, 1.82) is 0 Å². The van der Waals surface area contributed by atoms with Gasteiger partial charge in [0.05, 0.1) is 16.3 Å². The number of halogens is 2. The number of hydrogen-bond acceptors (Lipinski definition) is 6. The van der Waals surface area contributed by atoms with E-state index >= 15 is 0 Å². The van der Waals surface area contributed by atoms with Gasteiger partial charge in [0.2, 0.25) is 0 Å². The Kier molecular flexibility index (Phi) is 5.11. The molecule has 0 unspecified atom stereocenters. The number of carbonyl (C=O) groups is 1. The van der Waals surface area contributed by atoms with Crippen LogP contribution < -0.4 is 16.4 Å². The van der Waals surface area contributed by atoms with Gasteiger partial charge in [-0.15, -0.1) is 0 Å². The predicted octanol–water partition coefficient (Wildman–Crippen LogP) is 4.55. The highest BCUT2D eigenvalue weighted by atomic mass is 35.5. The lowest BCUT2D eigenvalue weighted by molar-refractivity contribution is 0.0697. The summed E-state index contributed by atoms with van der Waals surface area (Å²) in [5.41, 5.74) is 7.82. The van der Waals surface area contributed by atoms with Gasteiger partial charge in [0, 0.05) is 10.7 Å². The van der Waals surface area contributed by atoms with Crippen molar-refractivity contribution in [2.45, 2.75) is 0 Å². The van der Waals surface area contributed by atoms with E-state index in [1.165, 1.54) is 18.5 Å². The predicted molar refractivity (Wildman–Crippen MR) is 103 cm³/mol. The second kappa shape index (κ2) is 7.47. The fraction of sp³-hybridized carbons (Fsp3) is 0. The zero-order valence-electron chi connectivity index (χ0n) is 13.2. The molecule has 0 saturated heterocycles. The lowest BCUT2D eigenvalue weighted by atomic mass is 10.2. The van der Waals surface area contributed by atoms with Crippen LogP contribution in [0.2, 0.25) is 10.0 Å². The number of nitrogen functional groups attached to an aromatic ring is 1. The summed E-state index contributed by atoms with van der Waals surface area (Å²) in [6.45, 7) is 0. The number of nitrogens with zero attached hydrogens (tertiary/aromatic N) is 2. The lowest BCUT2D eigenvalue weighted by Gasteiger charge is -2.13. The number of aromatic nitrogens is 2. The summed E-state index contributed by atoms with van der Waals surface area (Å²) < 4.78 is 0. The van der Waals surface area contributed by atoms with E-state index in [2.05, 4.69) is 20.6 Å². The van der Waals surface area contributed by atoms with Gasteiger partial charge in [0.1, 0.15) is 12.0 Å². The second-order valence-electron chi connectivity index (χ2n) is 5.24. The molecule has 0 amide bonds. The average molecular weight is 390 g/mol. The third-order valence-corrected chi connectivity index (χ3v) is 4.01. The van der Waals surface area contributed by atoms with Crippen LogP contribution in [0.4, 0.5) is 28.7 Å². The van der Waals surface area contributed by atoms with E-state index in [-0.39, 0.29) is 11.3 Å². The molecule has 0 bridgehead atoms. The number of carboxylic acid groups (broad SMARTS) is 1. The molecular formula is C17H13Cl2N5O2. The topological polar surface area (TPSA) is 113 Å². The van der Waals surface area contributed by atoms with Crippen LogP contribution in [0.1, 0.15) is 10.4 Å².